The minimum absolute atomic E-state index is 0.0545. The third kappa shape index (κ3) is 3.41. The first-order valence-corrected chi connectivity index (χ1v) is 7.13. The van der Waals surface area contributed by atoms with E-state index in [1.165, 1.54) is 6.42 Å². The Balaban J connectivity index is 2.03. The van der Waals surface area contributed by atoms with Crippen LogP contribution in [0.4, 0.5) is 5.69 Å². The molecule has 0 aliphatic heterocycles. The second-order valence-electron chi connectivity index (χ2n) is 5.82. The van der Waals surface area contributed by atoms with Gasteiger partial charge >= 0.3 is 0 Å². The summed E-state index contributed by atoms with van der Waals surface area (Å²) < 4.78 is 0. The number of carbonyl (C=O) groups is 1. The molecule has 19 heavy (non-hydrogen) atoms. The molecule has 2 rings (SSSR count). The van der Waals surface area contributed by atoms with Crippen LogP contribution in [-0.4, -0.2) is 19.0 Å². The molecular formula is C15H21ClN2O. The van der Waals surface area contributed by atoms with Crippen molar-refractivity contribution >= 4 is 23.2 Å². The Morgan fingerprint density at radius 1 is 1.47 bits per heavy atom. The third-order valence-electron chi connectivity index (χ3n) is 3.82. The smallest absolute Gasteiger partial charge is 0.253 e. The fourth-order valence-electron chi connectivity index (χ4n) is 2.28. The van der Waals surface area contributed by atoms with Crippen LogP contribution >= 0.6 is 11.6 Å². The highest BCUT2D eigenvalue weighted by Gasteiger charge is 2.45. The molecule has 0 saturated heterocycles. The lowest BCUT2D eigenvalue weighted by molar-refractivity contribution is 0.0951. The summed E-state index contributed by atoms with van der Waals surface area (Å²) in [5.41, 5.74) is 1.83. The number of nitrogens with one attached hydrogen (secondary N) is 2. The normalized spacial score (nSPS) is 19.9. The van der Waals surface area contributed by atoms with E-state index in [1.54, 1.807) is 12.1 Å². The Bertz CT molecular complexity index is 485. The van der Waals surface area contributed by atoms with Gasteiger partial charge in [-0.15, -0.1) is 0 Å². The first kappa shape index (κ1) is 14.2. The van der Waals surface area contributed by atoms with E-state index in [4.69, 9.17) is 11.6 Å². The van der Waals surface area contributed by atoms with Gasteiger partial charge in [-0.3, -0.25) is 4.79 Å². The van der Waals surface area contributed by atoms with E-state index in [0.29, 0.717) is 21.9 Å². The van der Waals surface area contributed by atoms with Crippen molar-refractivity contribution in [3.63, 3.8) is 0 Å². The standard InChI is InChI=1S/C15H21ClN2O/c1-4-17-13-6-5-11(16)7-12(13)14(19)18-9-10-8-15(10,2)3/h5-7,10,17H,4,8-9H2,1-3H3,(H,18,19). The van der Waals surface area contributed by atoms with E-state index in [2.05, 4.69) is 24.5 Å². The van der Waals surface area contributed by atoms with Crippen molar-refractivity contribution in [3.05, 3.63) is 28.8 Å². The van der Waals surface area contributed by atoms with Crippen LogP contribution in [-0.2, 0) is 0 Å². The maximum atomic E-state index is 12.2. The molecular weight excluding hydrogens is 260 g/mol. The molecule has 1 atom stereocenters. The summed E-state index contributed by atoms with van der Waals surface area (Å²) in [4.78, 5) is 12.2. The van der Waals surface area contributed by atoms with Gasteiger partial charge in [-0.2, -0.15) is 0 Å². The largest absolute Gasteiger partial charge is 0.385 e. The molecule has 1 aliphatic carbocycles. The highest BCUT2D eigenvalue weighted by atomic mass is 35.5. The molecule has 1 unspecified atom stereocenters. The number of halogens is 1. The van der Waals surface area contributed by atoms with Gasteiger partial charge in [0.05, 0.1) is 5.56 Å². The molecule has 1 amide bonds. The van der Waals surface area contributed by atoms with Crippen LogP contribution < -0.4 is 10.6 Å². The van der Waals surface area contributed by atoms with Gasteiger partial charge in [0.1, 0.15) is 0 Å². The molecule has 1 aromatic carbocycles. The van der Waals surface area contributed by atoms with Crippen LogP contribution in [0.1, 0.15) is 37.6 Å². The molecule has 0 radical (unpaired) electrons. The van der Waals surface area contributed by atoms with E-state index in [0.717, 1.165) is 18.8 Å². The van der Waals surface area contributed by atoms with Crippen molar-refractivity contribution in [2.45, 2.75) is 27.2 Å². The molecule has 0 bridgehead atoms. The minimum atomic E-state index is -0.0545. The Morgan fingerprint density at radius 3 is 2.74 bits per heavy atom. The molecule has 1 aromatic rings. The molecule has 1 saturated carbocycles. The summed E-state index contributed by atoms with van der Waals surface area (Å²) in [7, 11) is 0. The van der Waals surface area contributed by atoms with Crippen molar-refractivity contribution in [2.24, 2.45) is 11.3 Å². The number of carbonyl (C=O) groups excluding carboxylic acids is 1. The molecule has 104 valence electrons. The first-order chi connectivity index (χ1) is 8.94. The topological polar surface area (TPSA) is 41.1 Å². The van der Waals surface area contributed by atoms with E-state index >= 15 is 0 Å². The number of rotatable bonds is 5. The van der Waals surface area contributed by atoms with Gasteiger partial charge < -0.3 is 10.6 Å². The van der Waals surface area contributed by atoms with Gasteiger partial charge in [-0.1, -0.05) is 25.4 Å². The van der Waals surface area contributed by atoms with Crippen molar-refractivity contribution in [2.75, 3.05) is 18.4 Å². The maximum absolute atomic E-state index is 12.2. The van der Waals surface area contributed by atoms with E-state index in [1.807, 2.05) is 13.0 Å². The highest BCUT2D eigenvalue weighted by Crippen LogP contribution is 2.51. The predicted octanol–water partition coefficient (Wildman–Crippen LogP) is 3.55. The van der Waals surface area contributed by atoms with Crippen molar-refractivity contribution in [1.82, 2.24) is 5.32 Å². The fraction of sp³-hybridized carbons (Fsp3) is 0.533. The van der Waals surface area contributed by atoms with Gasteiger partial charge in [0.2, 0.25) is 0 Å². The SMILES string of the molecule is CCNc1ccc(Cl)cc1C(=O)NCC1CC1(C)C. The molecule has 0 aromatic heterocycles. The number of anilines is 1. The number of benzene rings is 1. The van der Waals surface area contributed by atoms with Gasteiger partial charge in [0, 0.05) is 23.8 Å². The van der Waals surface area contributed by atoms with Crippen LogP contribution in [0.5, 0.6) is 0 Å². The zero-order valence-corrected chi connectivity index (χ0v) is 12.5. The van der Waals surface area contributed by atoms with Crippen LogP contribution in [0.2, 0.25) is 5.02 Å². The van der Waals surface area contributed by atoms with Crippen LogP contribution in [0.15, 0.2) is 18.2 Å². The molecule has 4 heteroatoms. The van der Waals surface area contributed by atoms with E-state index < -0.39 is 0 Å². The van der Waals surface area contributed by atoms with Crippen LogP contribution in [0.3, 0.4) is 0 Å². The summed E-state index contributed by atoms with van der Waals surface area (Å²) >= 11 is 5.97. The van der Waals surface area contributed by atoms with Crippen molar-refractivity contribution in [3.8, 4) is 0 Å². The number of hydrogen-bond acceptors (Lipinski definition) is 2. The van der Waals surface area contributed by atoms with Crippen LogP contribution in [0.25, 0.3) is 0 Å². The fourth-order valence-corrected chi connectivity index (χ4v) is 2.46. The quantitative estimate of drug-likeness (QED) is 0.866. The Labute approximate surface area is 119 Å². The van der Waals surface area contributed by atoms with Crippen molar-refractivity contribution < 1.29 is 4.79 Å². The first-order valence-electron chi connectivity index (χ1n) is 6.75. The molecule has 0 spiro atoms. The number of hydrogen-bond donors (Lipinski definition) is 2. The second kappa shape index (κ2) is 5.41. The summed E-state index contributed by atoms with van der Waals surface area (Å²) in [6.07, 6.45) is 1.18. The summed E-state index contributed by atoms with van der Waals surface area (Å²) in [6, 6.07) is 5.36. The molecule has 2 N–H and O–H groups in total. The Morgan fingerprint density at radius 2 is 2.16 bits per heavy atom. The van der Waals surface area contributed by atoms with Crippen LogP contribution in [0, 0.1) is 11.3 Å². The molecule has 0 heterocycles. The van der Waals surface area contributed by atoms with Crippen molar-refractivity contribution in [1.29, 1.82) is 0 Å². The third-order valence-corrected chi connectivity index (χ3v) is 4.06. The summed E-state index contributed by atoms with van der Waals surface area (Å²) in [6.45, 7) is 7.98. The Hall–Kier alpha value is -1.22. The maximum Gasteiger partial charge on any atom is 0.253 e. The van der Waals surface area contributed by atoms with Gasteiger partial charge in [-0.05, 0) is 42.9 Å². The average Bonchev–Trinajstić information content (AvgIpc) is 2.96. The van der Waals surface area contributed by atoms with E-state index in [-0.39, 0.29) is 5.91 Å². The molecule has 1 fully saturated rings. The lowest BCUT2D eigenvalue weighted by Crippen LogP contribution is -2.27. The highest BCUT2D eigenvalue weighted by molar-refractivity contribution is 6.31. The zero-order chi connectivity index (χ0) is 14.0. The second-order valence-corrected chi connectivity index (χ2v) is 6.26. The molecule has 1 aliphatic rings. The van der Waals surface area contributed by atoms with Gasteiger partial charge in [-0.25, -0.2) is 0 Å². The summed E-state index contributed by atoms with van der Waals surface area (Å²) in [5.74, 6) is 0.541. The lowest BCUT2D eigenvalue weighted by atomic mass is 10.1. The Kier molecular flexibility index (Phi) is 4.04. The van der Waals surface area contributed by atoms with Gasteiger partial charge in [0.15, 0.2) is 0 Å². The number of amides is 1. The lowest BCUT2D eigenvalue weighted by Gasteiger charge is -2.12. The predicted molar refractivity (Wildman–Crippen MR) is 79.8 cm³/mol. The van der Waals surface area contributed by atoms with E-state index in [9.17, 15) is 4.79 Å². The monoisotopic (exact) mass is 280 g/mol. The average molecular weight is 281 g/mol. The molecule has 3 nitrogen and oxygen atoms in total. The minimum Gasteiger partial charge on any atom is -0.385 e. The summed E-state index contributed by atoms with van der Waals surface area (Å²) in [5, 5.41) is 6.77. The van der Waals surface area contributed by atoms with Gasteiger partial charge in [0.25, 0.3) is 5.91 Å². The zero-order valence-electron chi connectivity index (χ0n) is 11.7.